The standard InChI is InChI=1S/C15H21BrO2/c1-5-18-14-8-6-7-12(15(14)17-4)9-13(10-16)11(2)3/h6-9,11H,5,10H2,1-4H3. The highest BCUT2D eigenvalue weighted by Crippen LogP contribution is 2.33. The lowest BCUT2D eigenvalue weighted by Gasteiger charge is -2.13. The number of ether oxygens (including phenoxy) is 2. The first-order chi connectivity index (χ1) is 8.63. The SMILES string of the molecule is CCOc1cccc(C=C(CBr)C(C)C)c1OC. The minimum Gasteiger partial charge on any atom is -0.492 e. The Kier molecular flexibility index (Phi) is 6.27. The molecule has 0 atom stereocenters. The van der Waals surface area contributed by atoms with Crippen LogP contribution in [0.5, 0.6) is 11.5 Å². The van der Waals surface area contributed by atoms with Crippen molar-refractivity contribution >= 4 is 22.0 Å². The molecule has 0 aliphatic carbocycles. The summed E-state index contributed by atoms with van der Waals surface area (Å²) in [6.07, 6.45) is 2.17. The summed E-state index contributed by atoms with van der Waals surface area (Å²) in [6.45, 7) is 6.98. The molecule has 0 amide bonds. The Balaban J connectivity index is 3.19. The van der Waals surface area contributed by atoms with Crippen LogP contribution in [0.4, 0.5) is 0 Å². The Hall–Kier alpha value is -0.960. The van der Waals surface area contributed by atoms with Gasteiger partial charge in [-0.2, -0.15) is 0 Å². The van der Waals surface area contributed by atoms with Crippen LogP contribution in [0.1, 0.15) is 26.3 Å². The first-order valence-electron chi connectivity index (χ1n) is 6.20. The predicted octanol–water partition coefficient (Wildman–Crippen LogP) is 4.53. The van der Waals surface area contributed by atoms with Crippen LogP contribution < -0.4 is 9.47 Å². The molecule has 100 valence electrons. The van der Waals surface area contributed by atoms with E-state index in [2.05, 4.69) is 35.9 Å². The fraction of sp³-hybridized carbons (Fsp3) is 0.467. The summed E-state index contributed by atoms with van der Waals surface area (Å²) in [7, 11) is 1.68. The topological polar surface area (TPSA) is 18.5 Å². The van der Waals surface area contributed by atoms with Crippen LogP contribution in [-0.2, 0) is 0 Å². The quantitative estimate of drug-likeness (QED) is 0.719. The number of hydrogen-bond acceptors (Lipinski definition) is 2. The summed E-state index contributed by atoms with van der Waals surface area (Å²) in [4.78, 5) is 0. The monoisotopic (exact) mass is 312 g/mol. The summed E-state index contributed by atoms with van der Waals surface area (Å²) >= 11 is 3.53. The molecule has 0 bridgehead atoms. The van der Waals surface area contributed by atoms with E-state index in [1.807, 2.05) is 25.1 Å². The number of rotatable bonds is 6. The molecule has 1 aromatic carbocycles. The summed E-state index contributed by atoms with van der Waals surface area (Å²) in [5.41, 5.74) is 2.40. The average molecular weight is 313 g/mol. The number of para-hydroxylation sites is 1. The van der Waals surface area contributed by atoms with Gasteiger partial charge in [0.05, 0.1) is 13.7 Å². The molecule has 0 unspecified atom stereocenters. The molecule has 0 saturated heterocycles. The van der Waals surface area contributed by atoms with Gasteiger partial charge in [-0.3, -0.25) is 0 Å². The Morgan fingerprint density at radius 3 is 2.61 bits per heavy atom. The molecule has 0 aliphatic heterocycles. The molecule has 0 N–H and O–H groups in total. The molecule has 0 fully saturated rings. The number of allylic oxidation sites excluding steroid dienone is 1. The maximum atomic E-state index is 5.58. The summed E-state index contributed by atoms with van der Waals surface area (Å²) in [6, 6.07) is 5.97. The molecule has 0 aromatic heterocycles. The maximum Gasteiger partial charge on any atom is 0.167 e. The number of halogens is 1. The molecule has 2 nitrogen and oxygen atoms in total. The van der Waals surface area contributed by atoms with E-state index >= 15 is 0 Å². The maximum absolute atomic E-state index is 5.58. The summed E-state index contributed by atoms with van der Waals surface area (Å²) in [5.74, 6) is 2.11. The zero-order valence-corrected chi connectivity index (χ0v) is 13.1. The smallest absolute Gasteiger partial charge is 0.167 e. The molecule has 0 radical (unpaired) electrons. The van der Waals surface area contributed by atoms with Crippen molar-refractivity contribution in [3.63, 3.8) is 0 Å². The lowest BCUT2D eigenvalue weighted by molar-refractivity contribution is 0.310. The van der Waals surface area contributed by atoms with E-state index in [0.29, 0.717) is 12.5 Å². The van der Waals surface area contributed by atoms with E-state index in [9.17, 15) is 0 Å². The van der Waals surface area contributed by atoms with Crippen LogP contribution in [0.3, 0.4) is 0 Å². The Morgan fingerprint density at radius 2 is 2.11 bits per heavy atom. The van der Waals surface area contributed by atoms with Gasteiger partial charge in [-0.25, -0.2) is 0 Å². The second-order valence-electron chi connectivity index (χ2n) is 4.32. The Labute approximate surface area is 118 Å². The van der Waals surface area contributed by atoms with Crippen LogP contribution in [0.25, 0.3) is 6.08 Å². The van der Waals surface area contributed by atoms with Gasteiger partial charge in [0.2, 0.25) is 0 Å². The molecule has 0 heterocycles. The van der Waals surface area contributed by atoms with Gasteiger partial charge >= 0.3 is 0 Å². The van der Waals surface area contributed by atoms with Gasteiger partial charge < -0.3 is 9.47 Å². The molecule has 0 saturated carbocycles. The zero-order chi connectivity index (χ0) is 13.5. The largest absolute Gasteiger partial charge is 0.492 e. The minimum absolute atomic E-state index is 0.504. The second-order valence-corrected chi connectivity index (χ2v) is 4.88. The minimum atomic E-state index is 0.504. The average Bonchev–Trinajstić information content (AvgIpc) is 2.36. The molecule has 3 heteroatoms. The molecular weight excluding hydrogens is 292 g/mol. The summed E-state index contributed by atoms with van der Waals surface area (Å²) < 4.78 is 11.0. The van der Waals surface area contributed by atoms with Gasteiger partial charge in [0.15, 0.2) is 11.5 Å². The van der Waals surface area contributed by atoms with Crippen molar-refractivity contribution in [2.75, 3.05) is 19.0 Å². The molecule has 18 heavy (non-hydrogen) atoms. The third kappa shape index (κ3) is 3.77. The van der Waals surface area contributed by atoms with Crippen molar-refractivity contribution in [1.82, 2.24) is 0 Å². The van der Waals surface area contributed by atoms with Crippen molar-refractivity contribution in [1.29, 1.82) is 0 Å². The van der Waals surface area contributed by atoms with E-state index in [4.69, 9.17) is 9.47 Å². The van der Waals surface area contributed by atoms with Crippen molar-refractivity contribution in [3.8, 4) is 11.5 Å². The third-order valence-corrected chi connectivity index (χ3v) is 3.40. The lowest BCUT2D eigenvalue weighted by atomic mass is 10.0. The van der Waals surface area contributed by atoms with Crippen LogP contribution >= 0.6 is 15.9 Å². The van der Waals surface area contributed by atoms with Gasteiger partial charge in [0.1, 0.15) is 0 Å². The van der Waals surface area contributed by atoms with Gasteiger partial charge in [-0.1, -0.05) is 53.6 Å². The van der Waals surface area contributed by atoms with Gasteiger partial charge in [-0.05, 0) is 18.9 Å². The molecule has 1 aromatic rings. The number of alkyl halides is 1. The molecule has 1 rings (SSSR count). The number of benzene rings is 1. The first kappa shape index (κ1) is 15.1. The van der Waals surface area contributed by atoms with Crippen molar-refractivity contribution in [3.05, 3.63) is 29.3 Å². The van der Waals surface area contributed by atoms with E-state index in [1.165, 1.54) is 5.57 Å². The molecular formula is C15H21BrO2. The molecule has 0 spiro atoms. The summed E-state index contributed by atoms with van der Waals surface area (Å²) in [5, 5.41) is 0.868. The van der Waals surface area contributed by atoms with Crippen LogP contribution in [0, 0.1) is 5.92 Å². The van der Waals surface area contributed by atoms with Crippen molar-refractivity contribution in [2.24, 2.45) is 5.92 Å². The zero-order valence-electron chi connectivity index (χ0n) is 11.5. The van der Waals surface area contributed by atoms with E-state index in [1.54, 1.807) is 7.11 Å². The highest BCUT2D eigenvalue weighted by atomic mass is 79.9. The fourth-order valence-electron chi connectivity index (χ4n) is 1.69. The third-order valence-electron chi connectivity index (χ3n) is 2.75. The first-order valence-corrected chi connectivity index (χ1v) is 7.32. The Morgan fingerprint density at radius 1 is 1.39 bits per heavy atom. The normalized spacial score (nSPS) is 11.8. The van der Waals surface area contributed by atoms with E-state index < -0.39 is 0 Å². The van der Waals surface area contributed by atoms with Gasteiger partial charge in [0, 0.05) is 10.9 Å². The van der Waals surface area contributed by atoms with Crippen molar-refractivity contribution in [2.45, 2.75) is 20.8 Å². The van der Waals surface area contributed by atoms with Crippen LogP contribution in [0.2, 0.25) is 0 Å². The van der Waals surface area contributed by atoms with E-state index in [0.717, 1.165) is 22.4 Å². The number of hydrogen-bond donors (Lipinski definition) is 0. The lowest BCUT2D eigenvalue weighted by Crippen LogP contribution is -1.99. The molecule has 0 aliphatic rings. The van der Waals surface area contributed by atoms with Crippen molar-refractivity contribution < 1.29 is 9.47 Å². The van der Waals surface area contributed by atoms with E-state index in [-0.39, 0.29) is 0 Å². The van der Waals surface area contributed by atoms with Crippen LogP contribution in [0.15, 0.2) is 23.8 Å². The highest BCUT2D eigenvalue weighted by molar-refractivity contribution is 9.09. The second kappa shape index (κ2) is 7.47. The van der Waals surface area contributed by atoms with Gasteiger partial charge in [-0.15, -0.1) is 0 Å². The Bertz CT molecular complexity index is 411. The van der Waals surface area contributed by atoms with Crippen LogP contribution in [-0.4, -0.2) is 19.0 Å². The predicted molar refractivity (Wildman–Crippen MR) is 80.8 cm³/mol. The number of methoxy groups -OCH3 is 1. The fourth-order valence-corrected chi connectivity index (χ4v) is 2.50. The van der Waals surface area contributed by atoms with Gasteiger partial charge in [0.25, 0.3) is 0 Å². The highest BCUT2D eigenvalue weighted by Gasteiger charge is 2.10.